The second-order valence-corrected chi connectivity index (χ2v) is 7.37. The lowest BCUT2D eigenvalue weighted by Gasteiger charge is -2.32. The average molecular weight is 405 g/mol. The van der Waals surface area contributed by atoms with Crippen molar-refractivity contribution in [1.29, 1.82) is 0 Å². The van der Waals surface area contributed by atoms with Crippen LogP contribution in [-0.2, 0) is 14.3 Å². The Morgan fingerprint density at radius 3 is 2.66 bits per heavy atom. The molecule has 8 heteroatoms. The van der Waals surface area contributed by atoms with Gasteiger partial charge in [-0.3, -0.25) is 19.4 Å². The van der Waals surface area contributed by atoms with Crippen molar-refractivity contribution in [1.82, 2.24) is 19.8 Å². The number of esters is 1. The van der Waals surface area contributed by atoms with Gasteiger partial charge < -0.3 is 14.5 Å². The van der Waals surface area contributed by atoms with Crippen LogP contribution in [0.2, 0.25) is 0 Å². The fraction of sp³-hybridized carbons (Fsp3) is 0.667. The van der Waals surface area contributed by atoms with Crippen LogP contribution in [0.5, 0.6) is 0 Å². The molecule has 0 aromatic carbocycles. The zero-order chi connectivity index (χ0) is 21.2. The average Bonchev–Trinajstić information content (AvgIpc) is 2.74. The maximum atomic E-state index is 12.8. The molecule has 1 aromatic heterocycles. The maximum Gasteiger partial charge on any atom is 0.310 e. The number of hydrogen-bond acceptors (Lipinski definition) is 6. The van der Waals surface area contributed by atoms with Gasteiger partial charge in [-0.25, -0.2) is 4.98 Å². The number of hydrogen-bond donors (Lipinski definition) is 0. The van der Waals surface area contributed by atoms with Crippen molar-refractivity contribution >= 4 is 17.8 Å². The molecular formula is C21H32N4O4. The summed E-state index contributed by atoms with van der Waals surface area (Å²) in [6.45, 7) is 7.94. The van der Waals surface area contributed by atoms with Crippen molar-refractivity contribution in [3.05, 3.63) is 23.8 Å². The van der Waals surface area contributed by atoms with E-state index in [4.69, 9.17) is 4.74 Å². The van der Waals surface area contributed by atoms with E-state index in [1.165, 1.54) is 6.20 Å². The molecule has 0 N–H and O–H groups in total. The Morgan fingerprint density at radius 1 is 1.21 bits per heavy atom. The molecule has 0 radical (unpaired) electrons. The highest BCUT2D eigenvalue weighted by Crippen LogP contribution is 2.19. The molecule has 8 nitrogen and oxygen atoms in total. The lowest BCUT2D eigenvalue weighted by molar-refractivity contribution is -0.151. The minimum absolute atomic E-state index is 0.0386. The Bertz CT molecular complexity index is 692. The molecular weight excluding hydrogens is 372 g/mol. The summed E-state index contributed by atoms with van der Waals surface area (Å²) in [7, 11) is 0. The summed E-state index contributed by atoms with van der Waals surface area (Å²) in [6.07, 6.45) is 6.61. The Hall–Kier alpha value is -2.51. The molecule has 0 unspecified atom stereocenters. The zero-order valence-electron chi connectivity index (χ0n) is 17.7. The van der Waals surface area contributed by atoms with Gasteiger partial charge >= 0.3 is 5.97 Å². The first kappa shape index (κ1) is 22.8. The van der Waals surface area contributed by atoms with Crippen molar-refractivity contribution in [2.24, 2.45) is 5.92 Å². The molecule has 29 heavy (non-hydrogen) atoms. The van der Waals surface area contributed by atoms with Gasteiger partial charge in [0.15, 0.2) is 0 Å². The van der Waals surface area contributed by atoms with Gasteiger partial charge in [-0.15, -0.1) is 0 Å². The van der Waals surface area contributed by atoms with Crippen molar-refractivity contribution in [2.75, 3.05) is 32.8 Å². The van der Waals surface area contributed by atoms with Crippen molar-refractivity contribution < 1.29 is 19.1 Å². The third kappa shape index (κ3) is 6.80. The van der Waals surface area contributed by atoms with Gasteiger partial charge in [0.25, 0.3) is 5.91 Å². The van der Waals surface area contributed by atoms with Gasteiger partial charge in [-0.05, 0) is 33.1 Å². The van der Waals surface area contributed by atoms with Crippen molar-refractivity contribution in [3.63, 3.8) is 0 Å². The third-order valence-corrected chi connectivity index (χ3v) is 5.06. The van der Waals surface area contributed by atoms with E-state index in [1.54, 1.807) is 22.9 Å². The molecule has 0 spiro atoms. The number of aryl methyl sites for hydroxylation is 1. The highest BCUT2D eigenvalue weighted by atomic mass is 16.5. The van der Waals surface area contributed by atoms with Gasteiger partial charge in [0.05, 0.1) is 24.4 Å². The van der Waals surface area contributed by atoms with Crippen LogP contribution in [0.4, 0.5) is 0 Å². The standard InChI is InChI=1S/C21H32N4O4/c1-4-6-10-24(20(27)18-14-22-16(3)13-23-18)12-9-19(26)25-11-7-8-17(15-25)21(28)29-5-2/h13-14,17H,4-12,15H2,1-3H3/t17-/m1/s1. The van der Waals surface area contributed by atoms with Crippen LogP contribution in [-0.4, -0.2) is 70.3 Å². The summed E-state index contributed by atoms with van der Waals surface area (Å²) in [5, 5.41) is 0. The van der Waals surface area contributed by atoms with Crippen LogP contribution in [0.1, 0.15) is 62.1 Å². The first-order chi connectivity index (χ1) is 14.0. The van der Waals surface area contributed by atoms with E-state index in [-0.39, 0.29) is 30.1 Å². The summed E-state index contributed by atoms with van der Waals surface area (Å²) >= 11 is 0. The summed E-state index contributed by atoms with van der Waals surface area (Å²) < 4.78 is 5.10. The van der Waals surface area contributed by atoms with Crippen LogP contribution in [0.15, 0.2) is 12.4 Å². The van der Waals surface area contributed by atoms with Crippen molar-refractivity contribution in [3.8, 4) is 0 Å². The number of likely N-dealkylation sites (tertiary alicyclic amines) is 1. The largest absolute Gasteiger partial charge is 0.466 e. The van der Waals surface area contributed by atoms with Crippen LogP contribution in [0, 0.1) is 12.8 Å². The SMILES string of the molecule is CCCCN(CCC(=O)N1CCC[C@@H](C(=O)OCC)C1)C(=O)c1cnc(C)cn1. The lowest BCUT2D eigenvalue weighted by atomic mass is 9.98. The molecule has 1 aliphatic heterocycles. The molecule has 0 bridgehead atoms. The Labute approximate surface area is 172 Å². The number of piperidine rings is 1. The molecule has 0 aliphatic carbocycles. The van der Waals surface area contributed by atoms with E-state index < -0.39 is 0 Å². The Morgan fingerprint density at radius 2 is 2.00 bits per heavy atom. The second-order valence-electron chi connectivity index (χ2n) is 7.37. The van der Waals surface area contributed by atoms with Gasteiger partial charge in [-0.2, -0.15) is 0 Å². The molecule has 1 fully saturated rings. The molecule has 160 valence electrons. The number of aromatic nitrogens is 2. The van der Waals surface area contributed by atoms with Gasteiger partial charge in [0.2, 0.25) is 5.91 Å². The number of nitrogens with zero attached hydrogens (tertiary/aromatic N) is 4. The fourth-order valence-corrected chi connectivity index (χ4v) is 3.37. The predicted octanol–water partition coefficient (Wildman–Crippen LogP) is 2.22. The monoisotopic (exact) mass is 404 g/mol. The highest BCUT2D eigenvalue weighted by molar-refractivity contribution is 5.92. The van der Waals surface area contributed by atoms with Gasteiger partial charge in [-0.1, -0.05) is 13.3 Å². The van der Waals surface area contributed by atoms with E-state index in [1.807, 2.05) is 6.92 Å². The predicted molar refractivity (Wildman–Crippen MR) is 108 cm³/mol. The number of carbonyl (C=O) groups is 3. The maximum absolute atomic E-state index is 12.8. The first-order valence-electron chi connectivity index (χ1n) is 10.5. The number of carbonyl (C=O) groups excluding carboxylic acids is 3. The van der Waals surface area contributed by atoms with Crippen molar-refractivity contribution in [2.45, 2.75) is 52.9 Å². The fourth-order valence-electron chi connectivity index (χ4n) is 3.37. The third-order valence-electron chi connectivity index (χ3n) is 5.06. The number of rotatable bonds is 9. The summed E-state index contributed by atoms with van der Waals surface area (Å²) in [4.78, 5) is 49.2. The normalized spacial score (nSPS) is 16.4. The van der Waals surface area contributed by atoms with Crippen LogP contribution < -0.4 is 0 Å². The molecule has 1 aliphatic rings. The van der Waals surface area contributed by atoms with Gasteiger partial charge in [0, 0.05) is 38.8 Å². The van der Waals surface area contributed by atoms with Crippen LogP contribution in [0.3, 0.4) is 0 Å². The molecule has 2 rings (SSSR count). The zero-order valence-corrected chi connectivity index (χ0v) is 17.7. The Kier molecular flexibility index (Phi) is 9.02. The smallest absolute Gasteiger partial charge is 0.310 e. The summed E-state index contributed by atoms with van der Waals surface area (Å²) in [6, 6.07) is 0. The molecule has 1 saturated heterocycles. The van der Waals surface area contributed by atoms with Crippen LogP contribution in [0.25, 0.3) is 0 Å². The molecule has 2 heterocycles. The molecule has 1 aromatic rings. The summed E-state index contributed by atoms with van der Waals surface area (Å²) in [5.41, 5.74) is 1.04. The number of amides is 2. The van der Waals surface area contributed by atoms with E-state index in [0.717, 1.165) is 31.4 Å². The Balaban J connectivity index is 1.95. The van der Waals surface area contributed by atoms with E-state index in [0.29, 0.717) is 38.5 Å². The second kappa shape index (κ2) is 11.5. The molecule has 1 atom stereocenters. The number of ether oxygens (including phenoxy) is 1. The minimum atomic E-state index is -0.256. The lowest BCUT2D eigenvalue weighted by Crippen LogP contribution is -2.44. The van der Waals surface area contributed by atoms with Crippen LogP contribution >= 0.6 is 0 Å². The topological polar surface area (TPSA) is 92.7 Å². The minimum Gasteiger partial charge on any atom is -0.466 e. The van der Waals surface area contributed by atoms with E-state index in [2.05, 4.69) is 16.9 Å². The van der Waals surface area contributed by atoms with Gasteiger partial charge in [0.1, 0.15) is 5.69 Å². The number of unbranched alkanes of at least 4 members (excludes halogenated alkanes) is 1. The highest BCUT2D eigenvalue weighted by Gasteiger charge is 2.29. The molecule has 2 amide bonds. The first-order valence-corrected chi connectivity index (χ1v) is 10.5. The van der Waals surface area contributed by atoms with E-state index >= 15 is 0 Å². The molecule has 0 saturated carbocycles. The summed E-state index contributed by atoms with van der Waals surface area (Å²) in [5.74, 6) is -0.735. The quantitative estimate of drug-likeness (QED) is 0.586. The van der Waals surface area contributed by atoms with E-state index in [9.17, 15) is 14.4 Å².